The van der Waals surface area contributed by atoms with Crippen LogP contribution in [0.4, 0.5) is 11.6 Å². The third kappa shape index (κ3) is 3.03. The Morgan fingerprint density at radius 2 is 1.80 bits per heavy atom. The normalized spacial score (nSPS) is 17.2. The van der Waals surface area contributed by atoms with Crippen molar-refractivity contribution in [3.63, 3.8) is 0 Å². The number of aryl methyl sites for hydroxylation is 1. The van der Waals surface area contributed by atoms with Crippen LogP contribution in [0.5, 0.6) is 0 Å². The number of hydrogen-bond acceptors (Lipinski definition) is 5. The number of rotatable bonds is 6. The molecule has 5 heteroatoms. The highest BCUT2D eigenvalue weighted by Gasteiger charge is 2.31. The number of nitrogens with zero attached hydrogens (tertiary/aromatic N) is 2. The smallest absolute Gasteiger partial charge is 0.148 e. The maximum Gasteiger partial charge on any atom is 0.148 e. The fourth-order valence-corrected chi connectivity index (χ4v) is 3.09. The Labute approximate surface area is 121 Å². The molecular formula is C15H27N5. The van der Waals surface area contributed by atoms with Crippen LogP contribution in [0.1, 0.15) is 57.3 Å². The lowest BCUT2D eigenvalue weighted by Crippen LogP contribution is -2.27. The summed E-state index contributed by atoms with van der Waals surface area (Å²) in [5.74, 6) is 8.01. The zero-order valence-corrected chi connectivity index (χ0v) is 12.9. The van der Waals surface area contributed by atoms with Gasteiger partial charge >= 0.3 is 0 Å². The molecule has 0 unspecified atom stereocenters. The summed E-state index contributed by atoms with van der Waals surface area (Å²) in [5, 5.41) is 3.55. The molecule has 1 heterocycles. The van der Waals surface area contributed by atoms with Gasteiger partial charge in [-0.25, -0.2) is 15.8 Å². The Hall–Kier alpha value is -1.36. The van der Waals surface area contributed by atoms with Crippen molar-refractivity contribution in [3.8, 4) is 0 Å². The maximum atomic E-state index is 5.55. The molecule has 0 aromatic carbocycles. The van der Waals surface area contributed by atoms with Crippen molar-refractivity contribution in [2.45, 2.75) is 59.3 Å². The molecule has 112 valence electrons. The molecule has 1 aromatic heterocycles. The number of hydrogen-bond donors (Lipinski definition) is 3. The number of nitrogen functional groups attached to an aromatic ring is 1. The molecule has 0 amide bonds. The minimum absolute atomic E-state index is 0.445. The molecule has 1 aromatic rings. The number of aromatic nitrogens is 2. The lowest BCUT2D eigenvalue weighted by Gasteiger charge is -2.28. The fourth-order valence-electron chi connectivity index (χ4n) is 3.09. The predicted molar refractivity (Wildman–Crippen MR) is 83.6 cm³/mol. The van der Waals surface area contributed by atoms with E-state index in [1.807, 2.05) is 6.92 Å². The average molecular weight is 277 g/mol. The highest BCUT2D eigenvalue weighted by Crippen LogP contribution is 2.41. The van der Waals surface area contributed by atoms with Gasteiger partial charge in [0.15, 0.2) is 0 Å². The lowest BCUT2D eigenvalue weighted by atomic mass is 9.83. The summed E-state index contributed by atoms with van der Waals surface area (Å²) in [6.45, 7) is 7.35. The van der Waals surface area contributed by atoms with Gasteiger partial charge in [-0.3, -0.25) is 0 Å². The zero-order chi connectivity index (χ0) is 14.6. The molecule has 0 spiro atoms. The monoisotopic (exact) mass is 277 g/mol. The van der Waals surface area contributed by atoms with Crippen LogP contribution >= 0.6 is 0 Å². The molecule has 0 saturated heterocycles. The van der Waals surface area contributed by atoms with Crippen LogP contribution in [0.15, 0.2) is 0 Å². The second-order valence-corrected chi connectivity index (χ2v) is 5.87. The third-order valence-electron chi connectivity index (χ3n) is 4.69. The van der Waals surface area contributed by atoms with Gasteiger partial charge in [0, 0.05) is 18.5 Å². The van der Waals surface area contributed by atoms with E-state index in [-0.39, 0.29) is 0 Å². The van der Waals surface area contributed by atoms with Crippen LogP contribution in [0.3, 0.4) is 0 Å². The van der Waals surface area contributed by atoms with E-state index in [1.165, 1.54) is 32.1 Å². The first-order chi connectivity index (χ1) is 9.64. The molecule has 20 heavy (non-hydrogen) atoms. The Morgan fingerprint density at radius 1 is 1.15 bits per heavy atom. The summed E-state index contributed by atoms with van der Waals surface area (Å²) < 4.78 is 0. The Morgan fingerprint density at radius 3 is 2.35 bits per heavy atom. The van der Waals surface area contributed by atoms with Gasteiger partial charge in [-0.05, 0) is 31.6 Å². The summed E-state index contributed by atoms with van der Waals surface area (Å²) in [6, 6.07) is 0. The van der Waals surface area contributed by atoms with Gasteiger partial charge in [-0.2, -0.15) is 0 Å². The predicted octanol–water partition coefficient (Wildman–Crippen LogP) is 3.02. The van der Waals surface area contributed by atoms with Crippen molar-refractivity contribution in [3.05, 3.63) is 11.4 Å². The SMILES string of the molecule is CCc1nc(NN)c(C)c(NCC2(CC)CCCC2)n1. The number of nitrogens with two attached hydrogens (primary N) is 1. The van der Waals surface area contributed by atoms with Gasteiger partial charge in [0.25, 0.3) is 0 Å². The molecule has 5 nitrogen and oxygen atoms in total. The molecule has 4 N–H and O–H groups in total. The molecule has 1 saturated carbocycles. The maximum absolute atomic E-state index is 5.55. The Bertz CT molecular complexity index is 452. The van der Waals surface area contributed by atoms with Crippen molar-refractivity contribution >= 4 is 11.6 Å². The van der Waals surface area contributed by atoms with E-state index >= 15 is 0 Å². The molecule has 0 atom stereocenters. The van der Waals surface area contributed by atoms with Gasteiger partial charge in [0.05, 0.1) is 0 Å². The summed E-state index contributed by atoms with van der Waals surface area (Å²) in [6.07, 6.45) is 7.39. The largest absolute Gasteiger partial charge is 0.369 e. The molecule has 2 rings (SSSR count). The molecule has 0 bridgehead atoms. The van der Waals surface area contributed by atoms with Gasteiger partial charge in [-0.1, -0.05) is 26.7 Å². The highest BCUT2D eigenvalue weighted by atomic mass is 15.3. The first-order valence-corrected chi connectivity index (χ1v) is 7.72. The van der Waals surface area contributed by atoms with E-state index in [0.29, 0.717) is 5.41 Å². The van der Waals surface area contributed by atoms with Crippen LogP contribution < -0.4 is 16.6 Å². The highest BCUT2D eigenvalue weighted by molar-refractivity contribution is 5.56. The second-order valence-electron chi connectivity index (χ2n) is 5.87. The van der Waals surface area contributed by atoms with Crippen LogP contribution in [0.2, 0.25) is 0 Å². The Balaban J connectivity index is 2.16. The second kappa shape index (κ2) is 6.39. The summed E-state index contributed by atoms with van der Waals surface area (Å²) in [4.78, 5) is 9.01. The van der Waals surface area contributed by atoms with Crippen molar-refractivity contribution in [1.82, 2.24) is 9.97 Å². The minimum Gasteiger partial charge on any atom is -0.369 e. The molecule has 1 aliphatic carbocycles. The van der Waals surface area contributed by atoms with Crippen LogP contribution in [-0.2, 0) is 6.42 Å². The van der Waals surface area contributed by atoms with Crippen LogP contribution in [0, 0.1) is 12.3 Å². The Kier molecular flexibility index (Phi) is 4.81. The van der Waals surface area contributed by atoms with E-state index in [1.54, 1.807) is 0 Å². The molecule has 1 aliphatic rings. The van der Waals surface area contributed by atoms with Crippen LogP contribution in [0.25, 0.3) is 0 Å². The molecule has 0 radical (unpaired) electrons. The molecule has 1 fully saturated rings. The summed E-state index contributed by atoms with van der Waals surface area (Å²) in [5.41, 5.74) is 4.11. The van der Waals surface area contributed by atoms with Crippen LogP contribution in [-0.4, -0.2) is 16.5 Å². The fraction of sp³-hybridized carbons (Fsp3) is 0.733. The minimum atomic E-state index is 0.445. The number of nitrogens with one attached hydrogen (secondary N) is 2. The van der Waals surface area contributed by atoms with E-state index in [0.717, 1.165) is 36.0 Å². The standard InChI is InChI=1S/C15H27N5/c1-4-12-18-13(11(3)14(19-12)20-16)17-10-15(5-2)8-6-7-9-15/h4-10,16H2,1-3H3,(H2,17,18,19,20). The quantitative estimate of drug-likeness (QED) is 0.550. The summed E-state index contributed by atoms with van der Waals surface area (Å²) >= 11 is 0. The summed E-state index contributed by atoms with van der Waals surface area (Å²) in [7, 11) is 0. The van der Waals surface area contributed by atoms with E-state index < -0.39 is 0 Å². The molecular weight excluding hydrogens is 250 g/mol. The third-order valence-corrected chi connectivity index (χ3v) is 4.69. The number of hydrazine groups is 1. The first kappa shape index (κ1) is 15.0. The lowest BCUT2D eigenvalue weighted by molar-refractivity contribution is 0.306. The topological polar surface area (TPSA) is 75.9 Å². The zero-order valence-electron chi connectivity index (χ0n) is 12.9. The average Bonchev–Trinajstić information content (AvgIpc) is 2.95. The van der Waals surface area contributed by atoms with Gasteiger partial charge in [0.2, 0.25) is 0 Å². The van der Waals surface area contributed by atoms with E-state index in [4.69, 9.17) is 5.84 Å². The molecule has 0 aliphatic heterocycles. The first-order valence-electron chi connectivity index (χ1n) is 7.72. The van der Waals surface area contributed by atoms with E-state index in [2.05, 4.69) is 34.6 Å². The van der Waals surface area contributed by atoms with Crippen molar-refractivity contribution in [1.29, 1.82) is 0 Å². The van der Waals surface area contributed by atoms with Crippen molar-refractivity contribution in [2.75, 3.05) is 17.3 Å². The van der Waals surface area contributed by atoms with Gasteiger partial charge < -0.3 is 10.7 Å². The van der Waals surface area contributed by atoms with Gasteiger partial charge in [-0.15, -0.1) is 0 Å². The van der Waals surface area contributed by atoms with Crippen molar-refractivity contribution < 1.29 is 0 Å². The van der Waals surface area contributed by atoms with Gasteiger partial charge in [0.1, 0.15) is 17.5 Å². The van der Waals surface area contributed by atoms with Crippen molar-refractivity contribution in [2.24, 2.45) is 11.3 Å². The number of anilines is 2. The van der Waals surface area contributed by atoms with E-state index in [9.17, 15) is 0 Å².